The molecule has 1 aliphatic heterocycles. The van der Waals surface area contributed by atoms with E-state index in [2.05, 4.69) is 15.0 Å². The number of fused-ring (bicyclic) bond motifs is 1. The molecule has 1 saturated heterocycles. The SMILES string of the molecule is Nc1ncnc2c1ncn2[C@@H]1O[C@H](COP(=O)([O-])Nc2ccccc2C(=O)[O-])[C@@H](O)[C@H]1O. The van der Waals surface area contributed by atoms with Crippen molar-refractivity contribution in [3.63, 3.8) is 0 Å². The maximum atomic E-state index is 12.3. The first-order chi connectivity index (χ1) is 15.2. The summed E-state index contributed by atoms with van der Waals surface area (Å²) in [7, 11) is -4.83. The van der Waals surface area contributed by atoms with Gasteiger partial charge in [0.2, 0.25) is 7.75 Å². The van der Waals surface area contributed by atoms with Crippen LogP contribution in [0.1, 0.15) is 16.6 Å². The Kier molecular flexibility index (Phi) is 5.81. The van der Waals surface area contributed by atoms with Gasteiger partial charge in [0.15, 0.2) is 17.7 Å². The Morgan fingerprint density at radius 2 is 2.03 bits per heavy atom. The molecule has 32 heavy (non-hydrogen) atoms. The molecule has 14 nitrogen and oxygen atoms in total. The number of carboxylic acid groups (broad SMARTS) is 1. The summed E-state index contributed by atoms with van der Waals surface area (Å²) in [6, 6.07) is 5.20. The van der Waals surface area contributed by atoms with Crippen LogP contribution in [0, 0.1) is 0 Å². The number of para-hydroxylation sites is 1. The number of carbonyl (C=O) groups is 1. The summed E-state index contributed by atoms with van der Waals surface area (Å²) < 4.78 is 24.0. The molecule has 0 radical (unpaired) electrons. The van der Waals surface area contributed by atoms with E-state index in [9.17, 15) is 29.6 Å². The predicted molar refractivity (Wildman–Crippen MR) is 104 cm³/mol. The molecule has 3 aromatic rings. The van der Waals surface area contributed by atoms with Crippen LogP contribution in [0.3, 0.4) is 0 Å². The number of hydrogen-bond acceptors (Lipinski definition) is 12. The number of hydrogen-bond donors (Lipinski definition) is 4. The third-order valence-corrected chi connectivity index (χ3v) is 5.82. The van der Waals surface area contributed by atoms with Gasteiger partial charge in [-0.15, -0.1) is 0 Å². The van der Waals surface area contributed by atoms with Crippen LogP contribution in [0.15, 0.2) is 36.9 Å². The number of benzene rings is 1. The maximum absolute atomic E-state index is 12.3. The van der Waals surface area contributed by atoms with Crippen LogP contribution in [0.2, 0.25) is 0 Å². The van der Waals surface area contributed by atoms with Gasteiger partial charge in [-0.05, 0) is 6.07 Å². The molecule has 170 valence electrons. The zero-order valence-corrected chi connectivity index (χ0v) is 17.0. The van der Waals surface area contributed by atoms with Crippen molar-refractivity contribution >= 4 is 36.4 Å². The second-order valence-corrected chi connectivity index (χ2v) is 8.34. The van der Waals surface area contributed by atoms with Crippen molar-refractivity contribution in [2.45, 2.75) is 24.5 Å². The van der Waals surface area contributed by atoms with Gasteiger partial charge in [-0.25, -0.2) is 15.0 Å². The number of carbonyl (C=O) groups excluding carboxylic acids is 1. The maximum Gasteiger partial charge on any atom is 0.230 e. The molecule has 5 N–H and O–H groups in total. The summed E-state index contributed by atoms with van der Waals surface area (Å²) in [4.78, 5) is 35.3. The van der Waals surface area contributed by atoms with Gasteiger partial charge in [0.05, 0.1) is 18.9 Å². The van der Waals surface area contributed by atoms with Crippen LogP contribution in [-0.2, 0) is 13.8 Å². The molecule has 1 aliphatic rings. The van der Waals surface area contributed by atoms with Gasteiger partial charge in [0, 0.05) is 11.3 Å². The van der Waals surface area contributed by atoms with Crippen LogP contribution in [0.5, 0.6) is 0 Å². The van der Waals surface area contributed by atoms with E-state index in [0.717, 1.165) is 6.07 Å². The lowest BCUT2D eigenvalue weighted by molar-refractivity contribution is -0.254. The highest BCUT2D eigenvalue weighted by molar-refractivity contribution is 7.53. The molecule has 0 spiro atoms. The minimum Gasteiger partial charge on any atom is -0.762 e. The summed E-state index contributed by atoms with van der Waals surface area (Å²) in [5, 5.41) is 33.8. The Labute approximate surface area is 179 Å². The number of nitrogen functional groups attached to an aromatic ring is 1. The number of nitrogens with one attached hydrogen (secondary N) is 1. The lowest BCUT2D eigenvalue weighted by Crippen LogP contribution is -2.34. The molecule has 5 atom stereocenters. The van der Waals surface area contributed by atoms with E-state index in [1.54, 1.807) is 0 Å². The van der Waals surface area contributed by atoms with Crippen LogP contribution < -0.4 is 20.8 Å². The highest BCUT2D eigenvalue weighted by atomic mass is 31.2. The molecule has 1 fully saturated rings. The van der Waals surface area contributed by atoms with E-state index in [-0.39, 0.29) is 28.2 Å². The summed E-state index contributed by atoms with van der Waals surface area (Å²) in [6.07, 6.45) is -2.89. The van der Waals surface area contributed by atoms with Gasteiger partial charge < -0.3 is 45.1 Å². The zero-order chi connectivity index (χ0) is 23.0. The fourth-order valence-corrected chi connectivity index (χ4v) is 4.16. The molecule has 0 saturated carbocycles. The highest BCUT2D eigenvalue weighted by Gasteiger charge is 2.44. The summed E-state index contributed by atoms with van der Waals surface area (Å²) in [5.74, 6) is -1.47. The van der Waals surface area contributed by atoms with Gasteiger partial charge in [0.25, 0.3) is 0 Å². The van der Waals surface area contributed by atoms with Crippen molar-refractivity contribution in [1.82, 2.24) is 19.5 Å². The monoisotopic (exact) mass is 464 g/mol. The number of aliphatic hydroxyl groups excluding tert-OH is 2. The summed E-state index contributed by atoms with van der Waals surface area (Å²) >= 11 is 0. The molecule has 3 heterocycles. The van der Waals surface area contributed by atoms with Crippen molar-refractivity contribution in [1.29, 1.82) is 0 Å². The molecule has 15 heteroatoms. The average Bonchev–Trinajstić information content (AvgIpc) is 3.29. The fourth-order valence-electron chi connectivity index (χ4n) is 3.26. The number of anilines is 2. The normalized spacial score (nSPS) is 25.0. The van der Waals surface area contributed by atoms with Crippen LogP contribution in [-0.4, -0.2) is 60.6 Å². The first-order valence-corrected chi connectivity index (χ1v) is 10.7. The Balaban J connectivity index is 1.46. The predicted octanol–water partition coefficient (Wildman–Crippen LogP) is -2.01. The largest absolute Gasteiger partial charge is 0.762 e. The Bertz CT molecular complexity index is 1200. The zero-order valence-electron chi connectivity index (χ0n) is 16.1. The number of nitrogens with two attached hydrogens (primary N) is 1. The Morgan fingerprint density at radius 3 is 2.78 bits per heavy atom. The first-order valence-electron chi connectivity index (χ1n) is 9.17. The van der Waals surface area contributed by atoms with Crippen molar-refractivity contribution < 1.29 is 38.8 Å². The fraction of sp³-hybridized carbons (Fsp3) is 0.294. The van der Waals surface area contributed by atoms with Crippen LogP contribution in [0.4, 0.5) is 11.5 Å². The number of ether oxygens (including phenoxy) is 1. The molecule has 4 rings (SSSR count). The van der Waals surface area contributed by atoms with Gasteiger partial charge in [-0.2, -0.15) is 0 Å². The molecule has 0 aliphatic carbocycles. The first kappa shape index (κ1) is 22.1. The van der Waals surface area contributed by atoms with Crippen molar-refractivity contribution in [3.8, 4) is 0 Å². The topological polar surface area (TPSA) is 221 Å². The number of nitrogens with zero attached hydrogens (tertiary/aromatic N) is 4. The van der Waals surface area contributed by atoms with Gasteiger partial charge in [-0.1, -0.05) is 18.2 Å². The molecule has 0 bridgehead atoms. The van der Waals surface area contributed by atoms with E-state index in [1.165, 1.54) is 35.4 Å². The summed E-state index contributed by atoms with van der Waals surface area (Å²) in [5.41, 5.74) is 5.60. The van der Waals surface area contributed by atoms with Crippen molar-refractivity contribution in [2.75, 3.05) is 17.4 Å². The number of imidazole rings is 1. The van der Waals surface area contributed by atoms with E-state index in [4.69, 9.17) is 15.0 Å². The third-order valence-electron chi connectivity index (χ3n) is 4.81. The van der Waals surface area contributed by atoms with E-state index in [1.807, 2.05) is 5.09 Å². The number of rotatable bonds is 7. The molecule has 1 unspecified atom stereocenters. The summed E-state index contributed by atoms with van der Waals surface area (Å²) in [6.45, 7) is -0.667. The quantitative estimate of drug-likeness (QED) is 0.278. The van der Waals surface area contributed by atoms with Gasteiger partial charge in [0.1, 0.15) is 30.2 Å². The second-order valence-electron chi connectivity index (χ2n) is 6.87. The Morgan fingerprint density at radius 1 is 1.28 bits per heavy atom. The third kappa shape index (κ3) is 4.14. The minimum absolute atomic E-state index is 0.108. The minimum atomic E-state index is -4.83. The average molecular weight is 464 g/mol. The smallest absolute Gasteiger partial charge is 0.230 e. The molecule has 1 aromatic carbocycles. The van der Waals surface area contributed by atoms with Crippen LogP contribution >= 0.6 is 7.75 Å². The highest BCUT2D eigenvalue weighted by Crippen LogP contribution is 2.40. The van der Waals surface area contributed by atoms with Crippen molar-refractivity contribution in [2.24, 2.45) is 0 Å². The van der Waals surface area contributed by atoms with Gasteiger partial charge in [-0.3, -0.25) is 9.13 Å². The van der Waals surface area contributed by atoms with Gasteiger partial charge >= 0.3 is 0 Å². The molecule has 2 aromatic heterocycles. The van der Waals surface area contributed by atoms with E-state index in [0.29, 0.717) is 0 Å². The molecule has 0 amide bonds. The number of aromatic nitrogens is 4. The molecular formula is C17H17N6O8P-2. The number of carboxylic acids is 1. The lowest BCUT2D eigenvalue weighted by atomic mass is 10.1. The van der Waals surface area contributed by atoms with E-state index >= 15 is 0 Å². The van der Waals surface area contributed by atoms with E-state index < -0.39 is 44.9 Å². The molecular weight excluding hydrogens is 447 g/mol. The Hall–Kier alpha value is -3.13. The number of aliphatic hydroxyl groups is 2. The van der Waals surface area contributed by atoms with Crippen LogP contribution in [0.25, 0.3) is 11.2 Å². The second kappa shape index (κ2) is 8.43. The standard InChI is InChI=1S/C17H19N6O8P/c18-14-11-15(20-6-19-14)23(7-21-11)16-13(25)12(24)10(31-16)5-30-32(28,29)22-9-4-2-1-3-8(9)17(26)27/h1-4,6-7,10,12-13,16,24-25H,5H2,(H,26,27)(H2,18,19,20)(H2,22,28,29)/p-2/t10-,12-,13-,16-/m1/s1. The lowest BCUT2D eigenvalue weighted by Gasteiger charge is -2.28. The van der Waals surface area contributed by atoms with Crippen molar-refractivity contribution in [3.05, 3.63) is 42.5 Å². The number of aromatic carboxylic acids is 1.